The van der Waals surface area contributed by atoms with Gasteiger partial charge in [-0.3, -0.25) is 4.79 Å². The Kier molecular flexibility index (Phi) is 6.02. The van der Waals surface area contributed by atoms with Crippen molar-refractivity contribution in [3.05, 3.63) is 35.9 Å². The molecule has 1 aliphatic heterocycles. The van der Waals surface area contributed by atoms with Gasteiger partial charge in [0.25, 0.3) is 0 Å². The van der Waals surface area contributed by atoms with Crippen LogP contribution in [0.2, 0.25) is 0 Å². The number of aryl methyl sites for hydroxylation is 1. The van der Waals surface area contributed by atoms with Crippen LogP contribution in [-0.4, -0.2) is 50.3 Å². The van der Waals surface area contributed by atoms with Crippen LogP contribution < -0.4 is 0 Å². The zero-order valence-electron chi connectivity index (χ0n) is 12.1. The molecule has 1 saturated heterocycles. The maximum atomic E-state index is 12.1. The lowest BCUT2D eigenvalue weighted by Gasteiger charge is -2.16. The molecule has 0 N–H and O–H groups in total. The summed E-state index contributed by atoms with van der Waals surface area (Å²) < 4.78 is 10.6. The summed E-state index contributed by atoms with van der Waals surface area (Å²) in [4.78, 5) is 14.1. The molecule has 0 saturated carbocycles. The molecule has 1 aromatic rings. The number of methoxy groups -OCH3 is 1. The highest BCUT2D eigenvalue weighted by Crippen LogP contribution is 2.14. The molecule has 1 fully saturated rings. The molecular weight excluding hydrogens is 254 g/mol. The second kappa shape index (κ2) is 8.02. The van der Waals surface area contributed by atoms with Crippen molar-refractivity contribution in [1.82, 2.24) is 4.90 Å². The van der Waals surface area contributed by atoms with Crippen molar-refractivity contribution < 1.29 is 14.3 Å². The highest BCUT2D eigenvalue weighted by Gasteiger charge is 2.26. The number of benzene rings is 1. The summed E-state index contributed by atoms with van der Waals surface area (Å²) in [7, 11) is 1.66. The molecule has 2 rings (SSSR count). The summed E-state index contributed by atoms with van der Waals surface area (Å²) in [5, 5.41) is 0. The van der Waals surface area contributed by atoms with Gasteiger partial charge in [-0.15, -0.1) is 0 Å². The van der Waals surface area contributed by atoms with E-state index in [1.54, 1.807) is 7.11 Å². The maximum absolute atomic E-state index is 12.1. The maximum Gasteiger partial charge on any atom is 0.222 e. The van der Waals surface area contributed by atoms with Crippen LogP contribution >= 0.6 is 0 Å². The van der Waals surface area contributed by atoms with Crippen molar-refractivity contribution in [1.29, 1.82) is 0 Å². The second-order valence-electron chi connectivity index (χ2n) is 5.10. The molecule has 20 heavy (non-hydrogen) atoms. The predicted molar refractivity (Wildman–Crippen MR) is 77.6 cm³/mol. The minimum atomic E-state index is 0.172. The molecule has 1 aliphatic rings. The molecule has 1 atom stereocenters. The SMILES string of the molecule is COCCOC1CCN(C(=O)CCc2ccccc2)C1. The number of rotatable bonds is 7. The zero-order valence-corrected chi connectivity index (χ0v) is 12.1. The van der Waals surface area contributed by atoms with Crippen LogP contribution in [0.3, 0.4) is 0 Å². The van der Waals surface area contributed by atoms with Gasteiger partial charge in [0.05, 0.1) is 19.3 Å². The highest BCUT2D eigenvalue weighted by molar-refractivity contribution is 5.76. The van der Waals surface area contributed by atoms with Gasteiger partial charge < -0.3 is 14.4 Å². The molecular formula is C16H23NO3. The van der Waals surface area contributed by atoms with E-state index in [1.807, 2.05) is 23.1 Å². The zero-order chi connectivity index (χ0) is 14.2. The van der Waals surface area contributed by atoms with Gasteiger partial charge in [-0.2, -0.15) is 0 Å². The van der Waals surface area contributed by atoms with Gasteiger partial charge in [0.15, 0.2) is 0 Å². The van der Waals surface area contributed by atoms with Gasteiger partial charge in [0.2, 0.25) is 5.91 Å². The topological polar surface area (TPSA) is 38.8 Å². The Hall–Kier alpha value is -1.39. The second-order valence-corrected chi connectivity index (χ2v) is 5.10. The molecule has 0 aromatic heterocycles. The monoisotopic (exact) mass is 277 g/mol. The van der Waals surface area contributed by atoms with Gasteiger partial charge in [-0.1, -0.05) is 30.3 Å². The third-order valence-electron chi connectivity index (χ3n) is 3.61. The first-order valence-electron chi connectivity index (χ1n) is 7.22. The van der Waals surface area contributed by atoms with Crippen molar-refractivity contribution in [2.45, 2.75) is 25.4 Å². The fraction of sp³-hybridized carbons (Fsp3) is 0.562. The van der Waals surface area contributed by atoms with Gasteiger partial charge in [-0.05, 0) is 18.4 Å². The summed E-state index contributed by atoms with van der Waals surface area (Å²) >= 11 is 0. The first kappa shape index (κ1) is 15.0. The van der Waals surface area contributed by atoms with Crippen molar-refractivity contribution in [2.24, 2.45) is 0 Å². The molecule has 110 valence electrons. The van der Waals surface area contributed by atoms with E-state index in [1.165, 1.54) is 5.56 Å². The van der Waals surface area contributed by atoms with Crippen molar-refractivity contribution in [3.8, 4) is 0 Å². The number of nitrogens with zero attached hydrogens (tertiary/aromatic N) is 1. The largest absolute Gasteiger partial charge is 0.382 e. The van der Waals surface area contributed by atoms with Crippen LogP contribution in [0.5, 0.6) is 0 Å². The first-order chi connectivity index (χ1) is 9.79. The van der Waals surface area contributed by atoms with Gasteiger partial charge in [-0.25, -0.2) is 0 Å². The molecule has 1 unspecified atom stereocenters. The average Bonchev–Trinajstić information content (AvgIpc) is 2.95. The summed E-state index contributed by atoms with van der Waals surface area (Å²) in [6.45, 7) is 2.74. The summed E-state index contributed by atoms with van der Waals surface area (Å²) in [5.74, 6) is 0.228. The fourth-order valence-corrected chi connectivity index (χ4v) is 2.44. The van der Waals surface area contributed by atoms with E-state index in [0.29, 0.717) is 19.6 Å². The Morgan fingerprint density at radius 2 is 2.10 bits per heavy atom. The first-order valence-corrected chi connectivity index (χ1v) is 7.22. The van der Waals surface area contributed by atoms with Crippen LogP contribution in [0.15, 0.2) is 30.3 Å². The van der Waals surface area contributed by atoms with E-state index in [0.717, 1.165) is 25.9 Å². The summed E-state index contributed by atoms with van der Waals surface area (Å²) in [6, 6.07) is 10.1. The Balaban J connectivity index is 1.69. The van der Waals surface area contributed by atoms with Crippen molar-refractivity contribution in [2.75, 3.05) is 33.4 Å². The standard InChI is InChI=1S/C16H23NO3/c1-19-11-12-20-15-9-10-17(13-15)16(18)8-7-14-5-3-2-4-6-14/h2-6,15H,7-13H2,1H3. The number of amides is 1. The van der Waals surface area contributed by atoms with E-state index >= 15 is 0 Å². The number of carbonyl (C=O) groups is 1. The van der Waals surface area contributed by atoms with Crippen molar-refractivity contribution in [3.63, 3.8) is 0 Å². The van der Waals surface area contributed by atoms with Crippen LogP contribution in [0.4, 0.5) is 0 Å². The highest BCUT2D eigenvalue weighted by atomic mass is 16.5. The molecule has 0 radical (unpaired) electrons. The number of likely N-dealkylation sites (tertiary alicyclic amines) is 1. The van der Waals surface area contributed by atoms with Gasteiger partial charge >= 0.3 is 0 Å². The van der Waals surface area contributed by atoms with Crippen molar-refractivity contribution >= 4 is 5.91 Å². The Morgan fingerprint density at radius 3 is 2.85 bits per heavy atom. The van der Waals surface area contributed by atoms with E-state index in [2.05, 4.69) is 12.1 Å². The quantitative estimate of drug-likeness (QED) is 0.714. The lowest BCUT2D eigenvalue weighted by molar-refractivity contribution is -0.130. The van der Waals surface area contributed by atoms with Gasteiger partial charge in [0.1, 0.15) is 0 Å². The van der Waals surface area contributed by atoms with E-state index in [9.17, 15) is 4.79 Å². The predicted octanol–water partition coefficient (Wildman–Crippen LogP) is 1.88. The molecule has 0 spiro atoms. The minimum absolute atomic E-state index is 0.172. The van der Waals surface area contributed by atoms with E-state index < -0.39 is 0 Å². The summed E-state index contributed by atoms with van der Waals surface area (Å²) in [5.41, 5.74) is 1.22. The van der Waals surface area contributed by atoms with Crippen LogP contribution in [0.1, 0.15) is 18.4 Å². The lowest BCUT2D eigenvalue weighted by atomic mass is 10.1. The molecule has 1 heterocycles. The fourth-order valence-electron chi connectivity index (χ4n) is 2.44. The molecule has 1 aromatic carbocycles. The molecule has 0 bridgehead atoms. The average molecular weight is 277 g/mol. The third kappa shape index (κ3) is 4.62. The normalized spacial score (nSPS) is 18.4. The van der Waals surface area contributed by atoms with Crippen LogP contribution in [0, 0.1) is 0 Å². The van der Waals surface area contributed by atoms with Crippen LogP contribution in [0.25, 0.3) is 0 Å². The van der Waals surface area contributed by atoms with E-state index in [-0.39, 0.29) is 12.0 Å². The number of ether oxygens (including phenoxy) is 2. The Morgan fingerprint density at radius 1 is 1.30 bits per heavy atom. The smallest absolute Gasteiger partial charge is 0.222 e. The van der Waals surface area contributed by atoms with Gasteiger partial charge in [0, 0.05) is 26.6 Å². The third-order valence-corrected chi connectivity index (χ3v) is 3.61. The molecule has 1 amide bonds. The van der Waals surface area contributed by atoms with E-state index in [4.69, 9.17) is 9.47 Å². The molecule has 4 nitrogen and oxygen atoms in total. The number of hydrogen-bond acceptors (Lipinski definition) is 3. The lowest BCUT2D eigenvalue weighted by Crippen LogP contribution is -2.30. The van der Waals surface area contributed by atoms with Crippen LogP contribution in [-0.2, 0) is 20.7 Å². The number of hydrogen-bond donors (Lipinski definition) is 0. The molecule has 0 aliphatic carbocycles. The Bertz CT molecular complexity index is 407. The number of carbonyl (C=O) groups excluding carboxylic acids is 1. The Labute approximate surface area is 120 Å². The summed E-state index contributed by atoms with van der Waals surface area (Å²) in [6.07, 6.45) is 2.49. The minimum Gasteiger partial charge on any atom is -0.382 e. The molecule has 4 heteroatoms.